The highest BCUT2D eigenvalue weighted by molar-refractivity contribution is 6.00. The fourth-order valence-corrected chi connectivity index (χ4v) is 1.82. The molecule has 23 heavy (non-hydrogen) atoms. The zero-order valence-corrected chi connectivity index (χ0v) is 12.6. The fourth-order valence-electron chi connectivity index (χ4n) is 1.82. The summed E-state index contributed by atoms with van der Waals surface area (Å²) in [4.78, 5) is 22.4. The minimum Gasteiger partial charge on any atom is -0.494 e. The number of nitro groups is 1. The Kier molecular flexibility index (Phi) is 4.64. The van der Waals surface area contributed by atoms with Crippen molar-refractivity contribution in [2.75, 3.05) is 24.9 Å². The Labute approximate surface area is 130 Å². The second kappa shape index (κ2) is 6.64. The van der Waals surface area contributed by atoms with Gasteiger partial charge >= 0.3 is 11.7 Å². The van der Waals surface area contributed by atoms with Crippen molar-refractivity contribution in [2.24, 2.45) is 0 Å². The second-order valence-electron chi connectivity index (χ2n) is 4.38. The van der Waals surface area contributed by atoms with Gasteiger partial charge in [-0.2, -0.15) is 0 Å². The van der Waals surface area contributed by atoms with Gasteiger partial charge in [0.1, 0.15) is 11.5 Å². The summed E-state index contributed by atoms with van der Waals surface area (Å²) >= 11 is 0. The first-order valence-corrected chi connectivity index (χ1v) is 6.36. The molecule has 1 aromatic heterocycles. The standard InChI is InChI=1S/C13H14N4O6/c1-7-4-12(16-23-7)15-13(18)14-8-5-9(17(19)20)11(22-3)6-10(8)21-2/h4-6H,1-3H3,(H2,14,15,16,18). The number of hydrogen-bond acceptors (Lipinski definition) is 7. The molecule has 1 heterocycles. The van der Waals surface area contributed by atoms with E-state index in [0.717, 1.165) is 6.07 Å². The van der Waals surface area contributed by atoms with Crippen molar-refractivity contribution in [3.63, 3.8) is 0 Å². The summed E-state index contributed by atoms with van der Waals surface area (Å²) in [5.74, 6) is 0.962. The van der Waals surface area contributed by atoms with Crippen molar-refractivity contribution in [1.82, 2.24) is 5.16 Å². The zero-order chi connectivity index (χ0) is 17.0. The van der Waals surface area contributed by atoms with Crippen LogP contribution >= 0.6 is 0 Å². The van der Waals surface area contributed by atoms with Gasteiger partial charge in [0, 0.05) is 18.2 Å². The predicted octanol–water partition coefficient (Wildman–Crippen LogP) is 2.55. The topological polar surface area (TPSA) is 129 Å². The van der Waals surface area contributed by atoms with Gasteiger partial charge in [-0.1, -0.05) is 5.16 Å². The van der Waals surface area contributed by atoms with E-state index in [2.05, 4.69) is 15.8 Å². The Hall–Kier alpha value is -3.30. The van der Waals surface area contributed by atoms with Crippen LogP contribution in [0, 0.1) is 17.0 Å². The molecule has 0 aliphatic rings. The lowest BCUT2D eigenvalue weighted by atomic mass is 10.2. The number of anilines is 2. The highest BCUT2D eigenvalue weighted by Gasteiger charge is 2.21. The van der Waals surface area contributed by atoms with Crippen LogP contribution in [0.4, 0.5) is 22.0 Å². The van der Waals surface area contributed by atoms with Crippen molar-refractivity contribution in [3.8, 4) is 11.5 Å². The summed E-state index contributed by atoms with van der Waals surface area (Å²) in [7, 11) is 2.67. The Morgan fingerprint density at radius 1 is 1.22 bits per heavy atom. The molecule has 0 aliphatic carbocycles. The Morgan fingerprint density at radius 3 is 2.43 bits per heavy atom. The average Bonchev–Trinajstić information content (AvgIpc) is 2.91. The predicted molar refractivity (Wildman–Crippen MR) is 80.1 cm³/mol. The van der Waals surface area contributed by atoms with Gasteiger partial charge in [-0.3, -0.25) is 15.4 Å². The second-order valence-corrected chi connectivity index (χ2v) is 4.38. The Balaban J connectivity index is 2.25. The molecule has 0 bridgehead atoms. The maximum atomic E-state index is 11.9. The summed E-state index contributed by atoms with van der Waals surface area (Å²) < 4.78 is 14.9. The number of benzene rings is 1. The van der Waals surface area contributed by atoms with E-state index in [-0.39, 0.29) is 28.7 Å². The summed E-state index contributed by atoms with van der Waals surface area (Å²) in [5.41, 5.74) is -0.196. The lowest BCUT2D eigenvalue weighted by molar-refractivity contribution is -0.385. The number of aromatic nitrogens is 1. The van der Waals surface area contributed by atoms with Gasteiger partial charge in [0.25, 0.3) is 0 Å². The number of nitrogens with one attached hydrogen (secondary N) is 2. The van der Waals surface area contributed by atoms with Crippen molar-refractivity contribution in [1.29, 1.82) is 0 Å². The van der Waals surface area contributed by atoms with E-state index in [1.54, 1.807) is 6.92 Å². The van der Waals surface area contributed by atoms with E-state index >= 15 is 0 Å². The minimum atomic E-state index is -0.656. The average molecular weight is 322 g/mol. The molecule has 0 atom stereocenters. The molecule has 0 fully saturated rings. The third kappa shape index (κ3) is 3.67. The van der Waals surface area contributed by atoms with Crippen LogP contribution in [0.25, 0.3) is 0 Å². The van der Waals surface area contributed by atoms with Gasteiger partial charge < -0.3 is 19.3 Å². The number of rotatable bonds is 5. The first kappa shape index (κ1) is 16.1. The molecule has 0 saturated carbocycles. The molecule has 10 nitrogen and oxygen atoms in total. The maximum absolute atomic E-state index is 11.9. The number of nitrogens with zero attached hydrogens (tertiary/aromatic N) is 2. The van der Waals surface area contributed by atoms with E-state index in [1.807, 2.05) is 0 Å². The van der Waals surface area contributed by atoms with Gasteiger partial charge in [-0.25, -0.2) is 4.79 Å². The van der Waals surface area contributed by atoms with Crippen molar-refractivity contribution in [3.05, 3.63) is 34.1 Å². The molecular formula is C13H14N4O6. The van der Waals surface area contributed by atoms with E-state index in [9.17, 15) is 14.9 Å². The van der Waals surface area contributed by atoms with Crippen LogP contribution in [-0.2, 0) is 0 Å². The highest BCUT2D eigenvalue weighted by Crippen LogP contribution is 2.37. The van der Waals surface area contributed by atoms with E-state index < -0.39 is 11.0 Å². The van der Waals surface area contributed by atoms with E-state index in [4.69, 9.17) is 14.0 Å². The van der Waals surface area contributed by atoms with Gasteiger partial charge in [0.15, 0.2) is 5.82 Å². The molecule has 0 radical (unpaired) electrons. The maximum Gasteiger partial charge on any atom is 0.325 e. The van der Waals surface area contributed by atoms with Crippen molar-refractivity contribution < 1.29 is 23.7 Å². The molecule has 2 aromatic rings. The number of carbonyl (C=O) groups excluding carboxylic acids is 1. The minimum absolute atomic E-state index is 0.0185. The molecule has 0 unspecified atom stereocenters. The molecule has 2 amide bonds. The molecule has 0 saturated heterocycles. The largest absolute Gasteiger partial charge is 0.494 e. The molecule has 0 aliphatic heterocycles. The van der Waals surface area contributed by atoms with Crippen LogP contribution in [0.3, 0.4) is 0 Å². The number of nitro benzene ring substituents is 1. The molecule has 122 valence electrons. The van der Waals surface area contributed by atoms with Gasteiger partial charge in [0.2, 0.25) is 5.75 Å². The summed E-state index contributed by atoms with van der Waals surface area (Å²) in [6, 6.07) is 3.32. The van der Waals surface area contributed by atoms with Gasteiger partial charge in [-0.15, -0.1) is 0 Å². The monoisotopic (exact) mass is 322 g/mol. The third-order valence-corrected chi connectivity index (χ3v) is 2.82. The molecule has 10 heteroatoms. The Bertz CT molecular complexity index is 742. The smallest absolute Gasteiger partial charge is 0.325 e. The summed E-state index contributed by atoms with van der Waals surface area (Å²) in [6.07, 6.45) is 0. The first-order chi connectivity index (χ1) is 10.9. The molecule has 2 rings (SSSR count). The number of hydrogen-bond donors (Lipinski definition) is 2. The Morgan fingerprint density at radius 2 is 1.91 bits per heavy atom. The summed E-state index contributed by atoms with van der Waals surface area (Å²) in [5, 5.41) is 19.5. The van der Waals surface area contributed by atoms with Crippen molar-refractivity contribution in [2.45, 2.75) is 6.92 Å². The van der Waals surface area contributed by atoms with Crippen LogP contribution in [-0.4, -0.2) is 30.3 Å². The number of ether oxygens (including phenoxy) is 2. The third-order valence-electron chi connectivity index (χ3n) is 2.82. The van der Waals surface area contributed by atoms with E-state index in [1.165, 1.54) is 26.4 Å². The van der Waals surface area contributed by atoms with Crippen LogP contribution in [0.2, 0.25) is 0 Å². The van der Waals surface area contributed by atoms with E-state index in [0.29, 0.717) is 5.76 Å². The van der Waals surface area contributed by atoms with Crippen molar-refractivity contribution >= 4 is 23.2 Å². The number of amides is 2. The van der Waals surface area contributed by atoms with Crippen LogP contribution < -0.4 is 20.1 Å². The normalized spacial score (nSPS) is 10.0. The summed E-state index contributed by atoms with van der Waals surface area (Å²) in [6.45, 7) is 1.67. The number of carbonyl (C=O) groups is 1. The molecule has 1 aromatic carbocycles. The lowest BCUT2D eigenvalue weighted by Gasteiger charge is -2.12. The molecule has 2 N–H and O–H groups in total. The first-order valence-electron chi connectivity index (χ1n) is 6.36. The van der Waals surface area contributed by atoms with Crippen LogP contribution in [0.1, 0.15) is 5.76 Å². The van der Waals surface area contributed by atoms with Gasteiger partial charge in [0.05, 0.1) is 24.8 Å². The fraction of sp³-hybridized carbons (Fsp3) is 0.231. The quantitative estimate of drug-likeness (QED) is 0.639. The van der Waals surface area contributed by atoms with Gasteiger partial charge in [-0.05, 0) is 6.92 Å². The number of urea groups is 1. The molecular weight excluding hydrogens is 308 g/mol. The number of aryl methyl sites for hydroxylation is 1. The number of methoxy groups -OCH3 is 2. The van der Waals surface area contributed by atoms with Crippen LogP contribution in [0.5, 0.6) is 11.5 Å². The highest BCUT2D eigenvalue weighted by atomic mass is 16.6. The zero-order valence-electron chi connectivity index (χ0n) is 12.6. The lowest BCUT2D eigenvalue weighted by Crippen LogP contribution is -2.20. The molecule has 0 spiro atoms. The SMILES string of the molecule is COc1cc(OC)c([N+](=O)[O-])cc1NC(=O)Nc1cc(C)on1. The van der Waals surface area contributed by atoms with Crippen LogP contribution in [0.15, 0.2) is 22.7 Å².